The third kappa shape index (κ3) is 4.53. The second kappa shape index (κ2) is 10.8. The van der Waals surface area contributed by atoms with Gasteiger partial charge in [0, 0.05) is 29.3 Å². The molecule has 0 N–H and O–H groups in total. The molecule has 7 heteroatoms. The van der Waals surface area contributed by atoms with E-state index in [1.165, 1.54) is 0 Å². The van der Waals surface area contributed by atoms with Crippen molar-refractivity contribution in [3.05, 3.63) is 113 Å². The molecular weight excluding hydrogens is 562 g/mol. The number of pyridine rings is 1. The van der Waals surface area contributed by atoms with E-state index >= 15 is 0 Å². The summed E-state index contributed by atoms with van der Waals surface area (Å²) in [5.41, 5.74) is 7.00. The first-order valence-electron chi connectivity index (χ1n) is 15.4. The molecule has 0 radical (unpaired) electrons. The molecule has 1 aliphatic carbocycles. The van der Waals surface area contributed by atoms with Crippen molar-refractivity contribution >= 4 is 28.1 Å². The van der Waals surface area contributed by atoms with Gasteiger partial charge in [0.2, 0.25) is 0 Å². The lowest BCUT2D eigenvalue weighted by atomic mass is 9.71. The third-order valence-electron chi connectivity index (χ3n) is 8.70. The molecule has 0 unspecified atom stereocenters. The van der Waals surface area contributed by atoms with Crippen molar-refractivity contribution in [2.75, 3.05) is 13.2 Å². The molecule has 0 saturated carbocycles. The molecule has 7 nitrogen and oxygen atoms in total. The summed E-state index contributed by atoms with van der Waals surface area (Å²) >= 11 is 0. The lowest BCUT2D eigenvalue weighted by Gasteiger charge is -2.31. The highest BCUT2D eigenvalue weighted by Gasteiger charge is 2.41. The molecule has 45 heavy (non-hydrogen) atoms. The molecule has 0 saturated heterocycles. The van der Waals surface area contributed by atoms with Crippen LogP contribution in [-0.2, 0) is 5.41 Å². The zero-order valence-electron chi connectivity index (χ0n) is 26.2. The first-order chi connectivity index (χ1) is 21.7. The molecule has 1 aliphatic rings. The average molecular weight is 598 g/mol. The van der Waals surface area contributed by atoms with Gasteiger partial charge in [0.25, 0.3) is 0 Å². The molecule has 0 fully saturated rings. The fourth-order valence-electron chi connectivity index (χ4n) is 6.83. The predicted molar refractivity (Wildman–Crippen MR) is 176 cm³/mol. The summed E-state index contributed by atoms with van der Waals surface area (Å²) in [5, 5.41) is 5.66. The maximum absolute atomic E-state index is 14.6. The highest BCUT2D eigenvalue weighted by molar-refractivity contribution is 6.26. The minimum Gasteiger partial charge on any atom is -0.494 e. The van der Waals surface area contributed by atoms with Crippen molar-refractivity contribution in [2.45, 2.75) is 46.5 Å². The summed E-state index contributed by atoms with van der Waals surface area (Å²) in [7, 11) is 0. The summed E-state index contributed by atoms with van der Waals surface area (Å²) in [4.78, 5) is 28.9. The van der Waals surface area contributed by atoms with Crippen LogP contribution < -0.4 is 9.47 Å². The van der Waals surface area contributed by atoms with E-state index in [1.54, 1.807) is 24.3 Å². The molecule has 0 bridgehead atoms. The van der Waals surface area contributed by atoms with Crippen molar-refractivity contribution in [1.82, 2.24) is 14.2 Å². The van der Waals surface area contributed by atoms with Crippen molar-refractivity contribution in [2.24, 2.45) is 0 Å². The van der Waals surface area contributed by atoms with Crippen LogP contribution in [0.4, 0.5) is 0 Å². The molecule has 0 spiro atoms. The highest BCUT2D eigenvalue weighted by Crippen LogP contribution is 2.48. The topological polar surface area (TPSA) is 74.8 Å². The number of carbonyl (C=O) groups is 2. The molecular formula is C38H35N3O4. The Balaban J connectivity index is 1.61. The van der Waals surface area contributed by atoms with E-state index in [-0.39, 0.29) is 18.0 Å². The van der Waals surface area contributed by atoms with Gasteiger partial charge < -0.3 is 9.47 Å². The number of hydrogen-bond donors (Lipinski definition) is 0. The van der Waals surface area contributed by atoms with Crippen LogP contribution >= 0.6 is 0 Å². The molecule has 0 atom stereocenters. The number of carbonyl (C=O) groups excluding carboxylic acids is 2. The summed E-state index contributed by atoms with van der Waals surface area (Å²) in [6, 6.07) is 25.1. The number of benzene rings is 3. The van der Waals surface area contributed by atoms with Gasteiger partial charge in [-0.15, -0.1) is 0 Å². The van der Waals surface area contributed by atoms with Gasteiger partial charge in [-0.05, 0) is 85.8 Å². The minimum absolute atomic E-state index is 0.0445. The Morgan fingerprint density at radius 3 is 2.13 bits per heavy atom. The third-order valence-corrected chi connectivity index (χ3v) is 8.70. The SMILES string of the molecule is CCOc1ccc(C(=O)c2c3c4c(c(-c5ccc(OCC)cc5)cn4c4c2c(C)nn4-c2ccccc2)C(C)(C)CC3=O)cc1. The van der Waals surface area contributed by atoms with Gasteiger partial charge in [0.05, 0.1) is 41.1 Å². The van der Waals surface area contributed by atoms with Gasteiger partial charge in [-0.2, -0.15) is 5.10 Å². The largest absolute Gasteiger partial charge is 0.494 e. The quantitative estimate of drug-likeness (QED) is 0.166. The summed E-state index contributed by atoms with van der Waals surface area (Å²) < 4.78 is 15.3. The second-order valence-electron chi connectivity index (χ2n) is 12.1. The molecule has 0 amide bonds. The zero-order valence-corrected chi connectivity index (χ0v) is 26.2. The van der Waals surface area contributed by atoms with Crippen LogP contribution in [0.2, 0.25) is 0 Å². The number of ether oxygens (including phenoxy) is 2. The number of fused-ring (bicyclic) bond motifs is 2. The number of para-hydroxylation sites is 1. The van der Waals surface area contributed by atoms with Gasteiger partial charge in [0.15, 0.2) is 11.6 Å². The van der Waals surface area contributed by atoms with E-state index in [0.29, 0.717) is 46.7 Å². The number of rotatable bonds is 8. The molecule has 6 aromatic rings. The minimum atomic E-state index is -0.480. The number of aromatic nitrogens is 3. The average Bonchev–Trinajstić information content (AvgIpc) is 3.60. The standard InChI is InChI=1S/C38H35N3O4/c1-6-44-27-17-13-24(14-18-27)29-22-40-35-32(30(42)21-38(4,5)34(29)35)33(36(43)25-15-19-28(20-16-25)45-7-2)31-23(3)39-41(37(31)40)26-11-9-8-10-12-26/h8-20,22H,6-7,21H2,1-5H3. The zero-order chi connectivity index (χ0) is 31.5. The Kier molecular flexibility index (Phi) is 6.84. The van der Waals surface area contributed by atoms with Crippen LogP contribution in [0.3, 0.4) is 0 Å². The fourth-order valence-corrected chi connectivity index (χ4v) is 6.83. The van der Waals surface area contributed by atoms with Crippen molar-refractivity contribution in [3.63, 3.8) is 0 Å². The second-order valence-corrected chi connectivity index (χ2v) is 12.1. The van der Waals surface area contributed by atoms with E-state index in [2.05, 4.69) is 36.6 Å². The summed E-state index contributed by atoms with van der Waals surface area (Å²) in [5.74, 6) is 1.24. The maximum Gasteiger partial charge on any atom is 0.194 e. The van der Waals surface area contributed by atoms with Gasteiger partial charge in [-0.1, -0.05) is 44.2 Å². The van der Waals surface area contributed by atoms with Crippen LogP contribution in [0.25, 0.3) is 33.4 Å². The smallest absolute Gasteiger partial charge is 0.194 e. The van der Waals surface area contributed by atoms with Crippen LogP contribution in [0.15, 0.2) is 85.1 Å². The van der Waals surface area contributed by atoms with E-state index < -0.39 is 5.41 Å². The molecule has 3 aromatic heterocycles. The van der Waals surface area contributed by atoms with Gasteiger partial charge in [-0.3, -0.25) is 14.0 Å². The Bertz CT molecular complexity index is 2100. The molecule has 3 aromatic carbocycles. The predicted octanol–water partition coefficient (Wildman–Crippen LogP) is 8.15. The fraction of sp³-hybridized carbons (Fsp3) is 0.237. The number of hydrogen-bond acceptors (Lipinski definition) is 5. The molecule has 3 heterocycles. The lowest BCUT2D eigenvalue weighted by molar-refractivity contribution is 0.0943. The first-order valence-corrected chi connectivity index (χ1v) is 15.4. The summed E-state index contributed by atoms with van der Waals surface area (Å²) in [6.07, 6.45) is 2.39. The van der Waals surface area contributed by atoms with Crippen molar-refractivity contribution < 1.29 is 19.1 Å². The molecule has 0 aliphatic heterocycles. The lowest BCUT2D eigenvalue weighted by Crippen LogP contribution is -2.29. The number of ketones is 2. The van der Waals surface area contributed by atoms with Gasteiger partial charge in [0.1, 0.15) is 17.1 Å². The highest BCUT2D eigenvalue weighted by atomic mass is 16.5. The Labute approximate surface area is 262 Å². The number of aryl methyl sites for hydroxylation is 1. The van der Waals surface area contributed by atoms with Gasteiger partial charge >= 0.3 is 0 Å². The van der Waals surface area contributed by atoms with Crippen LogP contribution in [0.5, 0.6) is 11.5 Å². The normalized spacial score (nSPS) is 13.8. The van der Waals surface area contributed by atoms with Crippen molar-refractivity contribution in [1.29, 1.82) is 0 Å². The first kappa shape index (κ1) is 28.6. The van der Waals surface area contributed by atoms with E-state index in [1.807, 2.05) is 67.9 Å². The van der Waals surface area contributed by atoms with Gasteiger partial charge in [-0.25, -0.2) is 4.68 Å². The summed E-state index contributed by atoms with van der Waals surface area (Å²) in [6.45, 7) is 11.1. The Hall–Kier alpha value is -5.17. The maximum atomic E-state index is 14.6. The van der Waals surface area contributed by atoms with Crippen LogP contribution in [-0.4, -0.2) is 39.0 Å². The molecule has 7 rings (SSSR count). The van der Waals surface area contributed by atoms with E-state index in [0.717, 1.165) is 39.3 Å². The van der Waals surface area contributed by atoms with E-state index in [4.69, 9.17) is 14.6 Å². The number of nitrogens with zero attached hydrogens (tertiary/aromatic N) is 3. The Morgan fingerprint density at radius 2 is 1.51 bits per heavy atom. The van der Waals surface area contributed by atoms with Crippen molar-refractivity contribution in [3.8, 4) is 28.3 Å². The molecule has 226 valence electrons. The van der Waals surface area contributed by atoms with E-state index in [9.17, 15) is 9.59 Å². The van der Waals surface area contributed by atoms with Crippen LogP contribution in [0.1, 0.15) is 71.7 Å². The monoisotopic (exact) mass is 597 g/mol. The van der Waals surface area contributed by atoms with Crippen LogP contribution in [0, 0.1) is 6.92 Å². The number of Topliss-reactive ketones (excluding diaryl/α,β-unsaturated/α-hetero) is 1. The Morgan fingerprint density at radius 1 is 0.889 bits per heavy atom.